The summed E-state index contributed by atoms with van der Waals surface area (Å²) in [6.07, 6.45) is 0.535. The Bertz CT molecular complexity index is 661. The molecule has 1 unspecified atom stereocenters. The number of carbonyl (C=O) groups is 3. The fourth-order valence-electron chi connectivity index (χ4n) is 2.78. The number of alkyl halides is 2. The minimum absolute atomic E-state index is 0.223. The van der Waals surface area contributed by atoms with Gasteiger partial charge in [0.25, 0.3) is 5.91 Å². The second kappa shape index (κ2) is 9.06. The van der Waals surface area contributed by atoms with Gasteiger partial charge in [0.15, 0.2) is 0 Å². The largest absolute Gasteiger partial charge is 0.369 e. The number of anilines is 1. The average Bonchev–Trinajstić information content (AvgIpc) is 2.57. The molecule has 0 spiro atoms. The van der Waals surface area contributed by atoms with E-state index in [1.165, 1.54) is 0 Å². The number of nitrogens with one attached hydrogen (secondary N) is 2. The number of hydrogen-bond donors (Lipinski definition) is 2. The Morgan fingerprint density at radius 1 is 1.28 bits per heavy atom. The maximum atomic E-state index is 12.4. The number of imide groups is 1. The molecule has 25 heavy (non-hydrogen) atoms. The van der Waals surface area contributed by atoms with E-state index in [0.717, 1.165) is 11.3 Å². The molecular weight excluding hydrogens is 365 g/mol. The lowest BCUT2D eigenvalue weighted by Gasteiger charge is -2.25. The van der Waals surface area contributed by atoms with Gasteiger partial charge >= 0.3 is 0 Å². The first-order chi connectivity index (χ1) is 12.0. The number of amides is 3. The van der Waals surface area contributed by atoms with Crippen molar-refractivity contribution in [2.45, 2.75) is 25.8 Å². The molecule has 2 rings (SSSR count). The number of hydrogen-bond acceptors (Lipinski definition) is 4. The predicted molar refractivity (Wildman–Crippen MR) is 98.5 cm³/mol. The summed E-state index contributed by atoms with van der Waals surface area (Å²) in [5.41, 5.74) is 2.35. The second-order valence-corrected chi connectivity index (χ2v) is 6.60. The molecule has 2 N–H and O–H groups in total. The molecule has 1 atom stereocenters. The molecule has 1 fully saturated rings. The second-order valence-electron chi connectivity index (χ2n) is 5.84. The summed E-state index contributed by atoms with van der Waals surface area (Å²) in [7, 11) is 0. The van der Waals surface area contributed by atoms with E-state index < -0.39 is 11.9 Å². The zero-order valence-corrected chi connectivity index (χ0v) is 15.5. The van der Waals surface area contributed by atoms with Crippen LogP contribution in [0.5, 0.6) is 0 Å². The highest BCUT2D eigenvalue weighted by molar-refractivity contribution is 6.18. The van der Waals surface area contributed by atoms with Gasteiger partial charge in [-0.1, -0.05) is 0 Å². The smallest absolute Gasteiger partial charge is 0.251 e. The number of benzene rings is 1. The number of aryl methyl sites for hydroxylation is 1. The third kappa shape index (κ3) is 5.09. The summed E-state index contributed by atoms with van der Waals surface area (Å²) in [4.78, 5) is 37.4. The standard InChI is InChI=1S/C17H21Cl2N3O3/c1-11-10-12(2-4-14(11)22(8-6-18)9-7-19)16(24)20-13-3-5-15(23)21-17(13)25/h2,4,10,13H,3,5-9H2,1H3,(H,20,24)(H,21,23,25). The summed E-state index contributed by atoms with van der Waals surface area (Å²) < 4.78 is 0. The molecule has 6 nitrogen and oxygen atoms in total. The van der Waals surface area contributed by atoms with E-state index in [2.05, 4.69) is 15.5 Å². The predicted octanol–water partition coefficient (Wildman–Crippen LogP) is 1.81. The number of nitrogens with zero attached hydrogens (tertiary/aromatic N) is 1. The first-order valence-corrected chi connectivity index (χ1v) is 9.15. The molecule has 0 bridgehead atoms. The summed E-state index contributed by atoms with van der Waals surface area (Å²) in [6.45, 7) is 3.24. The number of piperidine rings is 1. The maximum absolute atomic E-state index is 12.4. The Kier molecular flexibility index (Phi) is 7.08. The molecule has 0 aliphatic carbocycles. The molecule has 0 saturated carbocycles. The molecule has 3 amide bonds. The van der Waals surface area contributed by atoms with Crippen molar-refractivity contribution >= 4 is 46.6 Å². The van der Waals surface area contributed by atoms with Crippen LogP contribution in [0.4, 0.5) is 5.69 Å². The first-order valence-electron chi connectivity index (χ1n) is 8.08. The highest BCUT2D eigenvalue weighted by Crippen LogP contribution is 2.22. The summed E-state index contributed by atoms with van der Waals surface area (Å²) in [5, 5.41) is 4.90. The quantitative estimate of drug-likeness (QED) is 0.554. The van der Waals surface area contributed by atoms with Crippen molar-refractivity contribution in [2.24, 2.45) is 0 Å². The molecule has 0 aromatic heterocycles. The van der Waals surface area contributed by atoms with Crippen molar-refractivity contribution in [3.05, 3.63) is 29.3 Å². The van der Waals surface area contributed by atoms with Gasteiger partial charge in [-0.2, -0.15) is 0 Å². The van der Waals surface area contributed by atoms with Crippen LogP contribution in [-0.2, 0) is 9.59 Å². The SMILES string of the molecule is Cc1cc(C(=O)NC2CCC(=O)NC2=O)ccc1N(CCCl)CCCl. The van der Waals surface area contributed by atoms with Gasteiger partial charge in [-0.15, -0.1) is 23.2 Å². The minimum Gasteiger partial charge on any atom is -0.369 e. The van der Waals surface area contributed by atoms with E-state index in [-0.39, 0.29) is 18.2 Å². The molecule has 8 heteroatoms. The van der Waals surface area contributed by atoms with Crippen LogP contribution in [0, 0.1) is 6.92 Å². The van der Waals surface area contributed by atoms with E-state index in [1.54, 1.807) is 12.1 Å². The van der Waals surface area contributed by atoms with Crippen LogP contribution < -0.4 is 15.5 Å². The Balaban J connectivity index is 2.09. The van der Waals surface area contributed by atoms with Crippen LogP contribution in [-0.4, -0.2) is 48.6 Å². The number of rotatable bonds is 7. The van der Waals surface area contributed by atoms with E-state index in [4.69, 9.17) is 23.2 Å². The Hall–Kier alpha value is -1.79. The zero-order chi connectivity index (χ0) is 18.4. The van der Waals surface area contributed by atoms with Crippen LogP contribution in [0.15, 0.2) is 18.2 Å². The summed E-state index contributed by atoms with van der Waals surface area (Å²) in [5.74, 6) is -0.157. The van der Waals surface area contributed by atoms with Crippen molar-refractivity contribution in [3.8, 4) is 0 Å². The van der Waals surface area contributed by atoms with E-state index in [9.17, 15) is 14.4 Å². The Morgan fingerprint density at radius 3 is 2.52 bits per heavy atom. The third-order valence-electron chi connectivity index (χ3n) is 4.05. The van der Waals surface area contributed by atoms with Crippen LogP contribution >= 0.6 is 23.2 Å². The number of halogens is 2. The van der Waals surface area contributed by atoms with Gasteiger partial charge in [0.05, 0.1) is 0 Å². The van der Waals surface area contributed by atoms with Crippen molar-refractivity contribution in [1.29, 1.82) is 0 Å². The summed E-state index contributed by atoms with van der Waals surface area (Å²) in [6, 6.07) is 4.65. The molecule has 1 aliphatic heterocycles. The molecular formula is C17H21Cl2N3O3. The van der Waals surface area contributed by atoms with Crippen molar-refractivity contribution in [3.63, 3.8) is 0 Å². The van der Waals surface area contributed by atoms with E-state index in [0.29, 0.717) is 36.8 Å². The molecule has 1 aromatic rings. The first kappa shape index (κ1) is 19.5. The number of carbonyl (C=O) groups excluding carboxylic acids is 3. The lowest BCUT2D eigenvalue weighted by atomic mass is 10.0. The molecule has 1 heterocycles. The Morgan fingerprint density at radius 2 is 1.96 bits per heavy atom. The highest BCUT2D eigenvalue weighted by atomic mass is 35.5. The minimum atomic E-state index is -0.686. The van der Waals surface area contributed by atoms with E-state index in [1.807, 2.05) is 13.0 Å². The molecule has 1 aliphatic rings. The van der Waals surface area contributed by atoms with Crippen LogP contribution in [0.25, 0.3) is 0 Å². The Labute approximate surface area is 156 Å². The van der Waals surface area contributed by atoms with Crippen molar-refractivity contribution in [2.75, 3.05) is 29.7 Å². The lowest BCUT2D eigenvalue weighted by molar-refractivity contribution is -0.134. The molecule has 136 valence electrons. The molecule has 1 aromatic carbocycles. The lowest BCUT2D eigenvalue weighted by Crippen LogP contribution is -2.52. The average molecular weight is 386 g/mol. The van der Waals surface area contributed by atoms with Gasteiger partial charge in [0, 0.05) is 42.5 Å². The summed E-state index contributed by atoms with van der Waals surface area (Å²) >= 11 is 11.7. The van der Waals surface area contributed by atoms with Gasteiger partial charge in [-0.05, 0) is 37.1 Å². The monoisotopic (exact) mass is 385 g/mol. The fraction of sp³-hybridized carbons (Fsp3) is 0.471. The van der Waals surface area contributed by atoms with Gasteiger partial charge in [0.2, 0.25) is 11.8 Å². The van der Waals surface area contributed by atoms with Gasteiger partial charge < -0.3 is 10.2 Å². The van der Waals surface area contributed by atoms with Crippen molar-refractivity contribution in [1.82, 2.24) is 10.6 Å². The zero-order valence-electron chi connectivity index (χ0n) is 14.0. The van der Waals surface area contributed by atoms with Gasteiger partial charge in [-0.25, -0.2) is 0 Å². The normalized spacial score (nSPS) is 17.2. The molecule has 0 radical (unpaired) electrons. The van der Waals surface area contributed by atoms with Crippen LogP contribution in [0.3, 0.4) is 0 Å². The van der Waals surface area contributed by atoms with Gasteiger partial charge in [0.1, 0.15) is 6.04 Å². The highest BCUT2D eigenvalue weighted by Gasteiger charge is 2.28. The van der Waals surface area contributed by atoms with Gasteiger partial charge in [-0.3, -0.25) is 19.7 Å². The van der Waals surface area contributed by atoms with E-state index >= 15 is 0 Å². The van der Waals surface area contributed by atoms with Crippen LogP contribution in [0.1, 0.15) is 28.8 Å². The maximum Gasteiger partial charge on any atom is 0.251 e. The van der Waals surface area contributed by atoms with Crippen LogP contribution in [0.2, 0.25) is 0 Å². The van der Waals surface area contributed by atoms with Crippen molar-refractivity contribution < 1.29 is 14.4 Å². The fourth-order valence-corrected chi connectivity index (χ4v) is 3.19. The molecule has 1 saturated heterocycles. The third-order valence-corrected chi connectivity index (χ3v) is 4.39. The topological polar surface area (TPSA) is 78.5 Å².